The molecule has 0 saturated carbocycles. The summed E-state index contributed by atoms with van der Waals surface area (Å²) in [5.74, 6) is -0.271. The van der Waals surface area contributed by atoms with Gasteiger partial charge in [-0.1, -0.05) is 0 Å². The molecule has 1 aliphatic rings. The number of aliphatic hydroxyl groups is 1. The zero-order chi connectivity index (χ0) is 12.3. The van der Waals surface area contributed by atoms with Gasteiger partial charge in [0.2, 0.25) is 0 Å². The summed E-state index contributed by atoms with van der Waals surface area (Å²) >= 11 is 0. The number of hydrogen-bond donors (Lipinski definition) is 1. The van der Waals surface area contributed by atoms with E-state index in [1.165, 1.54) is 11.2 Å². The lowest BCUT2D eigenvalue weighted by Crippen LogP contribution is -2.34. The highest BCUT2D eigenvalue weighted by Crippen LogP contribution is 2.13. The molecule has 2 heterocycles. The Kier molecular flexibility index (Phi) is 3.29. The number of carbonyl (C=O) groups excluding carboxylic acids is 2. The minimum atomic E-state index is -0.382. The monoisotopic (exact) mass is 236 g/mol. The van der Waals surface area contributed by atoms with Gasteiger partial charge in [-0.3, -0.25) is 9.69 Å². The lowest BCUT2D eigenvalue weighted by molar-refractivity contribution is -0.125. The van der Waals surface area contributed by atoms with Gasteiger partial charge >= 0.3 is 6.03 Å². The number of β-amino-alcohol motifs (C(OH)–C–C–N with tert-alkyl or cyclic N) is 1. The third-order valence-electron chi connectivity index (χ3n) is 2.45. The first-order chi connectivity index (χ1) is 8.22. The number of amides is 3. The van der Waals surface area contributed by atoms with Crippen molar-refractivity contribution in [2.75, 3.05) is 19.7 Å². The van der Waals surface area contributed by atoms with Gasteiger partial charge in [-0.05, 0) is 0 Å². The number of imide groups is 1. The first-order valence-electron chi connectivity index (χ1n) is 5.16. The second-order valence-electron chi connectivity index (χ2n) is 3.65. The van der Waals surface area contributed by atoms with Crippen LogP contribution in [0.5, 0.6) is 0 Å². The SMILES string of the molecule is O=C1CN(CCO)C(=O)N1Cc1cncnc1. The highest BCUT2D eigenvalue weighted by Gasteiger charge is 2.35. The van der Waals surface area contributed by atoms with E-state index in [4.69, 9.17) is 5.11 Å². The largest absolute Gasteiger partial charge is 0.395 e. The van der Waals surface area contributed by atoms with E-state index >= 15 is 0 Å². The number of nitrogens with zero attached hydrogens (tertiary/aromatic N) is 4. The summed E-state index contributed by atoms with van der Waals surface area (Å²) in [5, 5.41) is 8.76. The van der Waals surface area contributed by atoms with Crippen molar-refractivity contribution < 1.29 is 14.7 Å². The van der Waals surface area contributed by atoms with Crippen LogP contribution in [0.3, 0.4) is 0 Å². The fourth-order valence-electron chi connectivity index (χ4n) is 1.64. The van der Waals surface area contributed by atoms with Crippen LogP contribution < -0.4 is 0 Å². The number of hydrogen-bond acceptors (Lipinski definition) is 5. The van der Waals surface area contributed by atoms with Crippen molar-refractivity contribution in [1.29, 1.82) is 0 Å². The lowest BCUT2D eigenvalue weighted by atomic mass is 10.3. The maximum absolute atomic E-state index is 11.8. The van der Waals surface area contributed by atoms with E-state index in [0.29, 0.717) is 5.56 Å². The maximum Gasteiger partial charge on any atom is 0.327 e. The molecule has 17 heavy (non-hydrogen) atoms. The van der Waals surface area contributed by atoms with Crippen LogP contribution in [0.1, 0.15) is 5.56 Å². The van der Waals surface area contributed by atoms with E-state index in [2.05, 4.69) is 9.97 Å². The molecule has 0 aromatic carbocycles. The van der Waals surface area contributed by atoms with Crippen LogP contribution in [-0.2, 0) is 11.3 Å². The lowest BCUT2D eigenvalue weighted by Gasteiger charge is -2.15. The topological polar surface area (TPSA) is 86.6 Å². The highest BCUT2D eigenvalue weighted by atomic mass is 16.3. The maximum atomic E-state index is 11.8. The van der Waals surface area contributed by atoms with Crippen LogP contribution in [0.25, 0.3) is 0 Å². The minimum Gasteiger partial charge on any atom is -0.395 e. The first kappa shape index (κ1) is 11.5. The summed E-state index contributed by atoms with van der Waals surface area (Å²) in [5.41, 5.74) is 0.694. The predicted octanol–water partition coefficient (Wildman–Crippen LogP) is -0.767. The van der Waals surface area contributed by atoms with E-state index < -0.39 is 0 Å². The molecule has 7 nitrogen and oxygen atoms in total. The molecule has 1 aromatic rings. The summed E-state index contributed by atoms with van der Waals surface area (Å²) in [7, 11) is 0. The second kappa shape index (κ2) is 4.88. The summed E-state index contributed by atoms with van der Waals surface area (Å²) < 4.78 is 0. The zero-order valence-electron chi connectivity index (χ0n) is 9.11. The quantitative estimate of drug-likeness (QED) is 0.694. The molecule has 0 bridgehead atoms. The molecule has 0 radical (unpaired) electrons. The Labute approximate surface area is 97.7 Å². The molecule has 0 spiro atoms. The van der Waals surface area contributed by atoms with Crippen molar-refractivity contribution in [1.82, 2.24) is 19.8 Å². The fraction of sp³-hybridized carbons (Fsp3) is 0.400. The molecule has 3 amide bonds. The molecule has 0 aliphatic carbocycles. The van der Waals surface area contributed by atoms with E-state index in [-0.39, 0.29) is 38.2 Å². The smallest absolute Gasteiger partial charge is 0.327 e. The third-order valence-corrected chi connectivity index (χ3v) is 2.45. The van der Waals surface area contributed by atoms with Gasteiger partial charge < -0.3 is 10.0 Å². The summed E-state index contributed by atoms with van der Waals surface area (Å²) in [6.07, 6.45) is 4.50. The van der Waals surface area contributed by atoms with Gasteiger partial charge in [0.15, 0.2) is 0 Å². The zero-order valence-corrected chi connectivity index (χ0v) is 9.11. The molecule has 90 valence electrons. The molecule has 7 heteroatoms. The molecule has 1 aromatic heterocycles. The number of urea groups is 1. The normalized spacial score (nSPS) is 15.8. The molecule has 1 N–H and O–H groups in total. The van der Waals surface area contributed by atoms with Crippen molar-refractivity contribution in [2.45, 2.75) is 6.54 Å². The van der Waals surface area contributed by atoms with Gasteiger partial charge in [0.25, 0.3) is 5.91 Å². The van der Waals surface area contributed by atoms with Crippen LogP contribution in [0.4, 0.5) is 4.79 Å². The van der Waals surface area contributed by atoms with Crippen LogP contribution in [-0.4, -0.2) is 56.5 Å². The number of rotatable bonds is 4. The minimum absolute atomic E-state index is 0.0209. The van der Waals surface area contributed by atoms with Crippen LogP contribution >= 0.6 is 0 Å². The van der Waals surface area contributed by atoms with Crippen molar-refractivity contribution in [3.05, 3.63) is 24.3 Å². The van der Waals surface area contributed by atoms with Crippen molar-refractivity contribution in [2.24, 2.45) is 0 Å². The number of aromatic nitrogens is 2. The standard InChI is InChI=1S/C10H12N4O3/c15-2-1-13-6-9(16)14(10(13)17)5-8-3-11-7-12-4-8/h3-4,7,15H,1-2,5-6H2. The third kappa shape index (κ3) is 2.39. The fourth-order valence-corrected chi connectivity index (χ4v) is 1.64. The average Bonchev–Trinajstić information content (AvgIpc) is 2.59. The van der Waals surface area contributed by atoms with Gasteiger partial charge in [-0.25, -0.2) is 14.8 Å². The second-order valence-corrected chi connectivity index (χ2v) is 3.65. The highest BCUT2D eigenvalue weighted by molar-refractivity contribution is 6.01. The van der Waals surface area contributed by atoms with Gasteiger partial charge in [-0.2, -0.15) is 0 Å². The summed E-state index contributed by atoms with van der Waals surface area (Å²) in [4.78, 5) is 33.5. The van der Waals surface area contributed by atoms with Crippen molar-refractivity contribution >= 4 is 11.9 Å². The van der Waals surface area contributed by atoms with Gasteiger partial charge in [0, 0.05) is 24.5 Å². The Morgan fingerprint density at radius 2 is 2.00 bits per heavy atom. The van der Waals surface area contributed by atoms with Crippen molar-refractivity contribution in [3.63, 3.8) is 0 Å². The Hall–Kier alpha value is -2.02. The van der Waals surface area contributed by atoms with Gasteiger partial charge in [0.05, 0.1) is 13.2 Å². The Morgan fingerprint density at radius 3 is 2.65 bits per heavy atom. The molecular weight excluding hydrogens is 224 g/mol. The van der Waals surface area contributed by atoms with E-state index in [9.17, 15) is 9.59 Å². The molecule has 0 unspecified atom stereocenters. The van der Waals surface area contributed by atoms with Gasteiger partial charge in [0.1, 0.15) is 12.9 Å². The summed E-state index contributed by atoms with van der Waals surface area (Å²) in [6.45, 7) is 0.210. The first-order valence-corrected chi connectivity index (χ1v) is 5.16. The molecule has 2 rings (SSSR count). The predicted molar refractivity (Wildman–Crippen MR) is 56.6 cm³/mol. The Bertz CT molecular complexity index is 423. The number of aliphatic hydroxyl groups excluding tert-OH is 1. The van der Waals surface area contributed by atoms with E-state index in [0.717, 1.165) is 4.90 Å². The Balaban J connectivity index is 2.07. The van der Waals surface area contributed by atoms with Crippen LogP contribution in [0.15, 0.2) is 18.7 Å². The molecule has 1 aliphatic heterocycles. The van der Waals surface area contributed by atoms with E-state index in [1.807, 2.05) is 0 Å². The van der Waals surface area contributed by atoms with Crippen LogP contribution in [0.2, 0.25) is 0 Å². The van der Waals surface area contributed by atoms with Crippen molar-refractivity contribution in [3.8, 4) is 0 Å². The summed E-state index contributed by atoms with van der Waals surface area (Å²) in [6, 6.07) is -0.382. The van der Waals surface area contributed by atoms with Gasteiger partial charge in [-0.15, -0.1) is 0 Å². The molecular formula is C10H12N4O3. The number of carbonyl (C=O) groups is 2. The average molecular weight is 236 g/mol. The molecule has 0 atom stereocenters. The molecule has 1 fully saturated rings. The molecule has 1 saturated heterocycles. The van der Waals surface area contributed by atoms with Crippen LogP contribution in [0, 0.1) is 0 Å². The Morgan fingerprint density at radius 1 is 1.29 bits per heavy atom. The van der Waals surface area contributed by atoms with E-state index in [1.54, 1.807) is 12.4 Å².